The summed E-state index contributed by atoms with van der Waals surface area (Å²) >= 11 is 0. The quantitative estimate of drug-likeness (QED) is 0.878. The van der Waals surface area contributed by atoms with Crippen LogP contribution in [0.25, 0.3) is 0 Å². The van der Waals surface area contributed by atoms with Gasteiger partial charge in [0.15, 0.2) is 5.69 Å². The van der Waals surface area contributed by atoms with Crippen molar-refractivity contribution in [2.75, 3.05) is 19.7 Å². The third-order valence-electron chi connectivity index (χ3n) is 3.35. The van der Waals surface area contributed by atoms with Crippen molar-refractivity contribution >= 4 is 5.97 Å². The number of carbonyl (C=O) groups is 1. The van der Waals surface area contributed by atoms with Crippen LogP contribution in [0.2, 0.25) is 0 Å². The highest BCUT2D eigenvalue weighted by atomic mass is 16.5. The fraction of sp³-hybridized carbons (Fsp3) is 0.571. The van der Waals surface area contributed by atoms with Crippen LogP contribution in [0, 0.1) is 0 Å². The number of likely N-dealkylation sites (tertiary alicyclic amines) is 1. The second-order valence-corrected chi connectivity index (χ2v) is 4.77. The molecule has 0 aliphatic carbocycles. The molecule has 19 heavy (non-hydrogen) atoms. The van der Waals surface area contributed by atoms with Gasteiger partial charge in [-0.3, -0.25) is 4.90 Å². The molecule has 1 fully saturated rings. The molecule has 0 bridgehead atoms. The number of rotatable bonds is 5. The van der Waals surface area contributed by atoms with E-state index in [0.29, 0.717) is 6.54 Å². The van der Waals surface area contributed by atoms with E-state index < -0.39 is 5.97 Å². The van der Waals surface area contributed by atoms with Gasteiger partial charge in [-0.2, -0.15) is 0 Å². The van der Waals surface area contributed by atoms with Crippen LogP contribution in [-0.2, 0) is 11.3 Å². The second-order valence-electron chi connectivity index (χ2n) is 4.77. The highest BCUT2D eigenvalue weighted by molar-refractivity contribution is 5.86. The number of aromatic carboxylic acids is 1. The molecule has 0 radical (unpaired) electrons. The van der Waals surface area contributed by atoms with E-state index in [2.05, 4.69) is 9.88 Å². The monoisotopic (exact) mass is 264 g/mol. The summed E-state index contributed by atoms with van der Waals surface area (Å²) in [6.07, 6.45) is 3.96. The Hall–Kier alpha value is -1.46. The first-order valence-corrected chi connectivity index (χ1v) is 6.72. The van der Waals surface area contributed by atoms with Crippen LogP contribution in [0.15, 0.2) is 18.3 Å². The zero-order valence-electron chi connectivity index (χ0n) is 11.2. The molecule has 0 aromatic carbocycles. The maximum Gasteiger partial charge on any atom is 0.354 e. The fourth-order valence-corrected chi connectivity index (χ4v) is 2.53. The Kier molecular flexibility index (Phi) is 4.87. The van der Waals surface area contributed by atoms with Crippen LogP contribution < -0.4 is 0 Å². The molecule has 0 saturated carbocycles. The van der Waals surface area contributed by atoms with Crippen LogP contribution in [0.3, 0.4) is 0 Å². The Bertz CT molecular complexity index is 434. The summed E-state index contributed by atoms with van der Waals surface area (Å²) in [4.78, 5) is 17.3. The minimum absolute atomic E-state index is 0.154. The molecule has 1 N–H and O–H groups in total. The van der Waals surface area contributed by atoms with Gasteiger partial charge in [-0.1, -0.05) is 6.07 Å². The number of nitrogens with zero attached hydrogens (tertiary/aromatic N) is 2. The molecule has 0 amide bonds. The molecule has 1 aromatic rings. The van der Waals surface area contributed by atoms with Crippen molar-refractivity contribution in [3.05, 3.63) is 29.6 Å². The minimum atomic E-state index is -0.964. The molecule has 5 nitrogen and oxygen atoms in total. The first-order chi connectivity index (χ1) is 9.20. The van der Waals surface area contributed by atoms with Crippen molar-refractivity contribution in [3.63, 3.8) is 0 Å². The van der Waals surface area contributed by atoms with E-state index in [-0.39, 0.29) is 11.8 Å². The maximum absolute atomic E-state index is 11.1. The van der Waals surface area contributed by atoms with Crippen molar-refractivity contribution in [1.82, 2.24) is 9.88 Å². The molecule has 2 heterocycles. The van der Waals surface area contributed by atoms with Gasteiger partial charge in [0, 0.05) is 25.9 Å². The Labute approximate surface area is 113 Å². The summed E-state index contributed by atoms with van der Waals surface area (Å²) in [7, 11) is 0. The Balaban J connectivity index is 2.02. The van der Waals surface area contributed by atoms with Crippen molar-refractivity contribution in [2.45, 2.75) is 32.4 Å². The minimum Gasteiger partial charge on any atom is -0.477 e. The van der Waals surface area contributed by atoms with E-state index in [9.17, 15) is 4.79 Å². The molecule has 0 spiro atoms. The van der Waals surface area contributed by atoms with Gasteiger partial charge in [-0.05, 0) is 37.9 Å². The van der Waals surface area contributed by atoms with Gasteiger partial charge >= 0.3 is 5.97 Å². The van der Waals surface area contributed by atoms with E-state index in [0.717, 1.165) is 38.1 Å². The molecule has 1 saturated heterocycles. The lowest BCUT2D eigenvalue weighted by atomic mass is 10.1. The van der Waals surface area contributed by atoms with E-state index in [1.165, 1.54) is 6.20 Å². The average Bonchev–Trinajstić information content (AvgIpc) is 2.40. The molecule has 2 rings (SSSR count). The number of hydrogen-bond donors (Lipinski definition) is 1. The van der Waals surface area contributed by atoms with E-state index in [1.807, 2.05) is 13.0 Å². The summed E-state index contributed by atoms with van der Waals surface area (Å²) in [6, 6.07) is 3.62. The number of ether oxygens (including phenoxy) is 1. The van der Waals surface area contributed by atoms with Gasteiger partial charge in [0.05, 0.1) is 6.10 Å². The zero-order chi connectivity index (χ0) is 13.7. The first kappa shape index (κ1) is 14.0. The topological polar surface area (TPSA) is 62.7 Å². The summed E-state index contributed by atoms with van der Waals surface area (Å²) in [6.45, 7) is 5.20. The molecule has 1 aliphatic rings. The number of pyridine rings is 1. The van der Waals surface area contributed by atoms with Crippen molar-refractivity contribution in [2.24, 2.45) is 0 Å². The first-order valence-electron chi connectivity index (χ1n) is 6.72. The predicted molar refractivity (Wildman–Crippen MR) is 71.1 cm³/mol. The standard InChI is InChI=1S/C14H20N2O3/c1-2-19-12-6-4-8-16(10-12)9-11-5-3-7-15-13(11)14(17)18/h3,5,7,12H,2,4,6,8-10H2,1H3,(H,17,18). The predicted octanol–water partition coefficient (Wildman–Crippen LogP) is 1.78. The number of carboxylic acids is 1. The van der Waals surface area contributed by atoms with Crippen molar-refractivity contribution < 1.29 is 14.6 Å². The molecule has 1 aliphatic heterocycles. The zero-order valence-corrected chi connectivity index (χ0v) is 11.2. The number of carboxylic acid groups (broad SMARTS) is 1. The van der Waals surface area contributed by atoms with Gasteiger partial charge in [0.1, 0.15) is 0 Å². The Morgan fingerprint density at radius 3 is 3.21 bits per heavy atom. The lowest BCUT2D eigenvalue weighted by molar-refractivity contribution is 0.00352. The lowest BCUT2D eigenvalue weighted by Gasteiger charge is -2.32. The average molecular weight is 264 g/mol. The van der Waals surface area contributed by atoms with Crippen molar-refractivity contribution in [1.29, 1.82) is 0 Å². The van der Waals surface area contributed by atoms with Crippen LogP contribution in [0.1, 0.15) is 35.8 Å². The summed E-state index contributed by atoms with van der Waals surface area (Å²) < 4.78 is 5.65. The van der Waals surface area contributed by atoms with Crippen LogP contribution in [0.4, 0.5) is 0 Å². The van der Waals surface area contributed by atoms with Crippen LogP contribution >= 0.6 is 0 Å². The van der Waals surface area contributed by atoms with Crippen LogP contribution in [0.5, 0.6) is 0 Å². The van der Waals surface area contributed by atoms with E-state index >= 15 is 0 Å². The molecule has 5 heteroatoms. The van der Waals surface area contributed by atoms with Gasteiger partial charge in [-0.15, -0.1) is 0 Å². The smallest absolute Gasteiger partial charge is 0.354 e. The maximum atomic E-state index is 11.1. The van der Waals surface area contributed by atoms with E-state index in [1.54, 1.807) is 6.07 Å². The molecule has 1 aromatic heterocycles. The second kappa shape index (κ2) is 6.63. The van der Waals surface area contributed by atoms with E-state index in [4.69, 9.17) is 9.84 Å². The fourth-order valence-electron chi connectivity index (χ4n) is 2.53. The number of aromatic nitrogens is 1. The molecular formula is C14H20N2O3. The number of hydrogen-bond acceptors (Lipinski definition) is 4. The number of piperidine rings is 1. The highest BCUT2D eigenvalue weighted by Gasteiger charge is 2.21. The molecular weight excluding hydrogens is 244 g/mol. The highest BCUT2D eigenvalue weighted by Crippen LogP contribution is 2.17. The van der Waals surface area contributed by atoms with Gasteiger partial charge in [0.2, 0.25) is 0 Å². The van der Waals surface area contributed by atoms with Crippen molar-refractivity contribution in [3.8, 4) is 0 Å². The third kappa shape index (κ3) is 3.75. The largest absolute Gasteiger partial charge is 0.477 e. The normalized spacial score (nSPS) is 20.4. The van der Waals surface area contributed by atoms with Gasteiger partial charge in [0.25, 0.3) is 0 Å². The lowest BCUT2D eigenvalue weighted by Crippen LogP contribution is -2.39. The van der Waals surface area contributed by atoms with Gasteiger partial charge in [-0.25, -0.2) is 9.78 Å². The third-order valence-corrected chi connectivity index (χ3v) is 3.35. The Morgan fingerprint density at radius 2 is 2.47 bits per heavy atom. The molecule has 1 unspecified atom stereocenters. The summed E-state index contributed by atoms with van der Waals surface area (Å²) in [5.41, 5.74) is 0.924. The Morgan fingerprint density at radius 1 is 1.63 bits per heavy atom. The SMILES string of the molecule is CCOC1CCCN(Cc2cccnc2C(=O)O)C1. The molecule has 104 valence electrons. The molecule has 1 atom stereocenters. The summed E-state index contributed by atoms with van der Waals surface area (Å²) in [5, 5.41) is 9.13. The van der Waals surface area contributed by atoms with Crippen LogP contribution in [-0.4, -0.2) is 46.8 Å². The van der Waals surface area contributed by atoms with Gasteiger partial charge < -0.3 is 9.84 Å². The summed E-state index contributed by atoms with van der Waals surface area (Å²) in [5.74, 6) is -0.964.